The van der Waals surface area contributed by atoms with Gasteiger partial charge in [-0.3, -0.25) is 14.2 Å². The molecule has 30 heavy (non-hydrogen) atoms. The van der Waals surface area contributed by atoms with Crippen molar-refractivity contribution in [3.8, 4) is 0 Å². The fraction of sp³-hybridized carbons (Fsp3) is 0.545. The van der Waals surface area contributed by atoms with Crippen molar-refractivity contribution < 1.29 is 14.3 Å². The zero-order valence-electron chi connectivity index (χ0n) is 17.7. The lowest BCUT2D eigenvalue weighted by Gasteiger charge is -2.33. The third kappa shape index (κ3) is 4.17. The highest BCUT2D eigenvalue weighted by molar-refractivity contribution is 5.95. The molecule has 2 aliphatic rings. The molecule has 2 amide bonds. The minimum Gasteiger partial charge on any atom is -0.444 e. The molecule has 1 N–H and O–H groups in total. The highest BCUT2D eigenvalue weighted by Gasteiger charge is 2.31. The first-order valence-electron chi connectivity index (χ1n) is 10.5. The van der Waals surface area contributed by atoms with E-state index in [0.29, 0.717) is 42.6 Å². The van der Waals surface area contributed by atoms with E-state index < -0.39 is 11.7 Å². The van der Waals surface area contributed by atoms with Gasteiger partial charge < -0.3 is 15.0 Å². The third-order valence-corrected chi connectivity index (χ3v) is 5.53. The number of anilines is 1. The van der Waals surface area contributed by atoms with E-state index in [1.807, 2.05) is 20.8 Å². The molecule has 4 rings (SSSR count). The molecular formula is C22H28N4O4. The summed E-state index contributed by atoms with van der Waals surface area (Å²) in [5.74, 6) is 0.353. The highest BCUT2D eigenvalue weighted by atomic mass is 16.6. The number of carbonyl (C=O) groups is 2. The van der Waals surface area contributed by atoms with E-state index in [2.05, 4.69) is 10.3 Å². The van der Waals surface area contributed by atoms with Gasteiger partial charge in [0, 0.05) is 31.7 Å². The number of hydrogen-bond donors (Lipinski definition) is 1. The molecule has 160 valence electrons. The maximum Gasteiger partial charge on any atom is 0.410 e. The second kappa shape index (κ2) is 7.74. The van der Waals surface area contributed by atoms with Gasteiger partial charge in [0.25, 0.3) is 5.56 Å². The summed E-state index contributed by atoms with van der Waals surface area (Å²) in [6.45, 7) is 7.08. The molecule has 1 saturated heterocycles. The van der Waals surface area contributed by atoms with Crippen LogP contribution in [0.4, 0.5) is 10.5 Å². The minimum atomic E-state index is -0.570. The maximum atomic E-state index is 12.8. The van der Waals surface area contributed by atoms with Crippen LogP contribution in [-0.2, 0) is 22.5 Å². The van der Waals surface area contributed by atoms with Crippen LogP contribution < -0.4 is 10.9 Å². The number of aromatic nitrogens is 2. The van der Waals surface area contributed by atoms with Crippen LogP contribution in [0.1, 0.15) is 45.9 Å². The summed E-state index contributed by atoms with van der Waals surface area (Å²) in [7, 11) is 0. The van der Waals surface area contributed by atoms with Crippen LogP contribution in [-0.4, -0.2) is 45.1 Å². The summed E-state index contributed by atoms with van der Waals surface area (Å²) < 4.78 is 7.15. The molecule has 1 fully saturated rings. The van der Waals surface area contributed by atoms with Crippen LogP contribution in [0, 0.1) is 5.92 Å². The largest absolute Gasteiger partial charge is 0.444 e. The first kappa shape index (κ1) is 20.4. The average molecular weight is 412 g/mol. The van der Waals surface area contributed by atoms with Crippen molar-refractivity contribution in [1.82, 2.24) is 14.5 Å². The number of carbonyl (C=O) groups excluding carboxylic acids is 2. The number of likely N-dealkylation sites (tertiary alicyclic amines) is 1. The number of rotatable bonds is 2. The van der Waals surface area contributed by atoms with Crippen molar-refractivity contribution in [2.24, 2.45) is 5.92 Å². The van der Waals surface area contributed by atoms with E-state index in [0.717, 1.165) is 25.1 Å². The molecule has 2 aromatic rings. The van der Waals surface area contributed by atoms with Gasteiger partial charge in [0.1, 0.15) is 11.4 Å². The van der Waals surface area contributed by atoms with Crippen molar-refractivity contribution in [3.63, 3.8) is 0 Å². The second-order valence-corrected chi connectivity index (χ2v) is 9.08. The SMILES string of the molecule is CC(C)(C)OC(=O)N1CCC[C@H](C(=O)Nc2ccc3nc4n(c(=O)c3c2)CCC4)C1. The van der Waals surface area contributed by atoms with Crippen LogP contribution in [0.5, 0.6) is 0 Å². The Kier molecular flexibility index (Phi) is 5.26. The van der Waals surface area contributed by atoms with Crippen molar-refractivity contribution in [1.29, 1.82) is 0 Å². The van der Waals surface area contributed by atoms with Gasteiger partial charge in [-0.2, -0.15) is 0 Å². The molecule has 0 aliphatic carbocycles. The van der Waals surface area contributed by atoms with Gasteiger partial charge in [0.2, 0.25) is 5.91 Å². The molecule has 1 atom stereocenters. The van der Waals surface area contributed by atoms with Crippen LogP contribution in [0.15, 0.2) is 23.0 Å². The minimum absolute atomic E-state index is 0.0580. The van der Waals surface area contributed by atoms with Gasteiger partial charge in [-0.05, 0) is 58.2 Å². The average Bonchev–Trinajstić information content (AvgIpc) is 3.16. The lowest BCUT2D eigenvalue weighted by molar-refractivity contribution is -0.121. The molecular weight excluding hydrogens is 384 g/mol. The Morgan fingerprint density at radius 3 is 2.77 bits per heavy atom. The molecule has 3 heterocycles. The zero-order valence-corrected chi connectivity index (χ0v) is 17.7. The van der Waals surface area contributed by atoms with Gasteiger partial charge in [0.15, 0.2) is 0 Å². The molecule has 0 spiro atoms. The molecule has 0 saturated carbocycles. The Labute approximate surface area is 175 Å². The summed E-state index contributed by atoms with van der Waals surface area (Å²) in [5, 5.41) is 3.42. The number of ether oxygens (including phenoxy) is 1. The lowest BCUT2D eigenvalue weighted by atomic mass is 9.97. The molecule has 0 unspecified atom stereocenters. The van der Waals surface area contributed by atoms with E-state index in [4.69, 9.17) is 4.74 Å². The van der Waals surface area contributed by atoms with Gasteiger partial charge in [-0.15, -0.1) is 0 Å². The Hall–Kier alpha value is -2.90. The molecule has 8 heteroatoms. The lowest BCUT2D eigenvalue weighted by Crippen LogP contribution is -2.45. The maximum absolute atomic E-state index is 12.8. The predicted molar refractivity (Wildman–Crippen MR) is 113 cm³/mol. The number of aryl methyl sites for hydroxylation is 1. The fourth-order valence-corrected chi connectivity index (χ4v) is 4.09. The Morgan fingerprint density at radius 2 is 2.00 bits per heavy atom. The van der Waals surface area contributed by atoms with E-state index in [1.54, 1.807) is 27.7 Å². The molecule has 2 aliphatic heterocycles. The van der Waals surface area contributed by atoms with Crippen LogP contribution in [0.3, 0.4) is 0 Å². The number of fused-ring (bicyclic) bond motifs is 2. The van der Waals surface area contributed by atoms with Crippen molar-refractivity contribution in [2.75, 3.05) is 18.4 Å². The van der Waals surface area contributed by atoms with E-state index in [-0.39, 0.29) is 17.4 Å². The fourth-order valence-electron chi connectivity index (χ4n) is 4.09. The van der Waals surface area contributed by atoms with Crippen molar-refractivity contribution in [3.05, 3.63) is 34.4 Å². The van der Waals surface area contributed by atoms with Gasteiger partial charge in [-0.25, -0.2) is 9.78 Å². The molecule has 1 aromatic heterocycles. The topological polar surface area (TPSA) is 93.5 Å². The van der Waals surface area contributed by atoms with Crippen LogP contribution in [0.2, 0.25) is 0 Å². The number of hydrogen-bond acceptors (Lipinski definition) is 5. The Balaban J connectivity index is 1.47. The summed E-state index contributed by atoms with van der Waals surface area (Å²) in [4.78, 5) is 44.1. The number of nitrogens with zero attached hydrogens (tertiary/aromatic N) is 3. The summed E-state index contributed by atoms with van der Waals surface area (Å²) in [6, 6.07) is 5.25. The molecule has 0 bridgehead atoms. The number of amides is 2. The van der Waals surface area contributed by atoms with E-state index in [9.17, 15) is 14.4 Å². The number of nitrogens with one attached hydrogen (secondary N) is 1. The third-order valence-electron chi connectivity index (χ3n) is 5.53. The van der Waals surface area contributed by atoms with E-state index in [1.165, 1.54) is 0 Å². The predicted octanol–water partition coefficient (Wildman–Crippen LogP) is 2.93. The normalized spacial score (nSPS) is 18.9. The van der Waals surface area contributed by atoms with Crippen LogP contribution in [0.25, 0.3) is 10.9 Å². The summed E-state index contributed by atoms with van der Waals surface area (Å²) in [5.41, 5.74) is 0.594. The zero-order chi connectivity index (χ0) is 21.5. The Bertz CT molecular complexity index is 1050. The van der Waals surface area contributed by atoms with Gasteiger partial charge >= 0.3 is 6.09 Å². The number of piperidine rings is 1. The van der Waals surface area contributed by atoms with Crippen molar-refractivity contribution in [2.45, 2.75) is 58.6 Å². The van der Waals surface area contributed by atoms with Gasteiger partial charge in [0.05, 0.1) is 16.8 Å². The van der Waals surface area contributed by atoms with Crippen molar-refractivity contribution >= 4 is 28.6 Å². The summed E-state index contributed by atoms with van der Waals surface area (Å²) in [6.07, 6.45) is 2.80. The number of benzene rings is 1. The molecule has 8 nitrogen and oxygen atoms in total. The molecule has 0 radical (unpaired) electrons. The second-order valence-electron chi connectivity index (χ2n) is 9.08. The Morgan fingerprint density at radius 1 is 1.20 bits per heavy atom. The standard InChI is InChI=1S/C22H28N4O4/c1-22(2,3)30-21(29)25-10-4-6-14(13-25)19(27)23-15-8-9-17-16(12-15)20(28)26-11-5-7-18(26)24-17/h8-9,12,14H,4-7,10-11,13H2,1-3H3,(H,23,27)/t14-/m0/s1. The van der Waals surface area contributed by atoms with E-state index >= 15 is 0 Å². The quantitative estimate of drug-likeness (QED) is 0.819. The smallest absolute Gasteiger partial charge is 0.410 e. The van der Waals surface area contributed by atoms with Crippen LogP contribution >= 0.6 is 0 Å². The molecule has 1 aromatic carbocycles. The first-order valence-corrected chi connectivity index (χ1v) is 10.5. The first-order chi connectivity index (χ1) is 14.2. The van der Waals surface area contributed by atoms with Gasteiger partial charge in [-0.1, -0.05) is 0 Å². The summed E-state index contributed by atoms with van der Waals surface area (Å²) >= 11 is 0. The highest BCUT2D eigenvalue weighted by Crippen LogP contribution is 2.23. The monoisotopic (exact) mass is 412 g/mol.